The van der Waals surface area contributed by atoms with Crippen LogP contribution in [-0.2, 0) is 13.0 Å². The van der Waals surface area contributed by atoms with Gasteiger partial charge in [0.15, 0.2) is 5.76 Å². The third-order valence-electron chi connectivity index (χ3n) is 5.28. The van der Waals surface area contributed by atoms with E-state index in [1.807, 2.05) is 24.3 Å². The standard InChI is InChI=1S/C24H19FN2O3/c25-17-6-4-16(5-7-17)10-12-27-14-20-21(29-15-27)9-8-19-23(28)22(30-24(19)20)13-18-3-1-2-11-26-18/h1-9,11,13H,10,12,14-15H2/b22-13-. The van der Waals surface area contributed by atoms with Crippen LogP contribution >= 0.6 is 0 Å². The van der Waals surface area contributed by atoms with Gasteiger partial charge in [-0.2, -0.15) is 0 Å². The molecule has 5 rings (SSSR count). The van der Waals surface area contributed by atoms with E-state index >= 15 is 0 Å². The monoisotopic (exact) mass is 402 g/mol. The van der Waals surface area contributed by atoms with Crippen molar-refractivity contribution in [3.8, 4) is 11.5 Å². The maximum atomic E-state index is 13.1. The molecular formula is C24H19FN2O3. The van der Waals surface area contributed by atoms with E-state index in [0.29, 0.717) is 30.3 Å². The molecule has 0 radical (unpaired) electrons. The number of rotatable bonds is 4. The number of hydrogen-bond donors (Lipinski definition) is 0. The highest BCUT2D eigenvalue weighted by Crippen LogP contribution is 2.41. The van der Waals surface area contributed by atoms with Crippen molar-refractivity contribution in [1.29, 1.82) is 0 Å². The molecule has 2 aliphatic heterocycles. The minimum atomic E-state index is -0.235. The van der Waals surface area contributed by atoms with Crippen LogP contribution in [0.15, 0.2) is 66.6 Å². The van der Waals surface area contributed by atoms with Crippen molar-refractivity contribution >= 4 is 11.9 Å². The molecule has 5 nitrogen and oxygen atoms in total. The number of carbonyl (C=O) groups is 1. The van der Waals surface area contributed by atoms with Crippen LogP contribution in [0.25, 0.3) is 6.08 Å². The third kappa shape index (κ3) is 3.57. The fraction of sp³-hybridized carbons (Fsp3) is 0.167. The van der Waals surface area contributed by atoms with Gasteiger partial charge in [0.05, 0.1) is 16.8 Å². The predicted octanol–water partition coefficient (Wildman–Crippen LogP) is 4.23. The molecule has 0 amide bonds. The summed E-state index contributed by atoms with van der Waals surface area (Å²) in [5.41, 5.74) is 3.14. The van der Waals surface area contributed by atoms with Crippen molar-refractivity contribution in [2.24, 2.45) is 0 Å². The van der Waals surface area contributed by atoms with E-state index in [0.717, 1.165) is 29.8 Å². The zero-order valence-electron chi connectivity index (χ0n) is 16.2. The van der Waals surface area contributed by atoms with E-state index < -0.39 is 0 Å². The number of pyridine rings is 1. The van der Waals surface area contributed by atoms with Crippen molar-refractivity contribution in [1.82, 2.24) is 9.88 Å². The van der Waals surface area contributed by atoms with Gasteiger partial charge in [0.1, 0.15) is 24.0 Å². The Morgan fingerprint density at radius 1 is 1.10 bits per heavy atom. The normalized spacial score (nSPS) is 16.7. The Hall–Kier alpha value is -3.51. The van der Waals surface area contributed by atoms with Gasteiger partial charge < -0.3 is 9.47 Å². The lowest BCUT2D eigenvalue weighted by Gasteiger charge is -2.29. The highest BCUT2D eigenvalue weighted by Gasteiger charge is 2.33. The van der Waals surface area contributed by atoms with Gasteiger partial charge in [-0.15, -0.1) is 0 Å². The second-order valence-electron chi connectivity index (χ2n) is 7.32. The number of nitrogens with zero attached hydrogens (tertiary/aromatic N) is 2. The largest absolute Gasteiger partial charge is 0.478 e. The molecule has 150 valence electrons. The minimum Gasteiger partial charge on any atom is -0.478 e. The van der Waals surface area contributed by atoms with Crippen molar-refractivity contribution < 1.29 is 18.7 Å². The summed E-state index contributed by atoms with van der Waals surface area (Å²) >= 11 is 0. The summed E-state index contributed by atoms with van der Waals surface area (Å²) in [6.07, 6.45) is 4.11. The first kappa shape index (κ1) is 18.5. The van der Waals surface area contributed by atoms with Crippen molar-refractivity contribution in [3.05, 3.63) is 94.8 Å². The number of allylic oxidation sites excluding steroid dienone is 1. The van der Waals surface area contributed by atoms with Crippen LogP contribution in [0.3, 0.4) is 0 Å². The maximum Gasteiger partial charge on any atom is 0.232 e. The Labute approximate surface area is 173 Å². The van der Waals surface area contributed by atoms with Gasteiger partial charge in [0.25, 0.3) is 0 Å². The van der Waals surface area contributed by atoms with Gasteiger partial charge in [-0.25, -0.2) is 4.39 Å². The van der Waals surface area contributed by atoms with Crippen LogP contribution in [0.1, 0.15) is 27.2 Å². The SMILES string of the molecule is O=C1/C(=C/c2ccccn2)Oc2c1ccc1c2CN(CCc2ccc(F)cc2)CO1. The highest BCUT2D eigenvalue weighted by molar-refractivity contribution is 6.14. The molecule has 0 N–H and O–H groups in total. The number of hydrogen-bond acceptors (Lipinski definition) is 5. The predicted molar refractivity (Wildman–Crippen MR) is 110 cm³/mol. The molecule has 3 aromatic rings. The molecule has 0 unspecified atom stereocenters. The summed E-state index contributed by atoms with van der Waals surface area (Å²) in [5, 5.41) is 0. The van der Waals surface area contributed by atoms with Crippen LogP contribution in [0, 0.1) is 5.82 Å². The van der Waals surface area contributed by atoms with E-state index in [1.165, 1.54) is 12.1 Å². The number of fused-ring (bicyclic) bond motifs is 3. The second kappa shape index (κ2) is 7.72. The number of ketones is 1. The number of Topliss-reactive ketones (excluding diaryl/α,β-unsaturated/α-hetero) is 1. The Kier molecular flexibility index (Phi) is 4.77. The summed E-state index contributed by atoms with van der Waals surface area (Å²) in [6, 6.07) is 15.6. The molecule has 0 spiro atoms. The molecule has 0 saturated carbocycles. The lowest BCUT2D eigenvalue weighted by molar-refractivity contribution is 0.0949. The number of ether oxygens (including phenoxy) is 2. The van der Waals surface area contributed by atoms with Crippen LogP contribution in [-0.4, -0.2) is 28.9 Å². The lowest BCUT2D eigenvalue weighted by Crippen LogP contribution is -2.33. The quantitative estimate of drug-likeness (QED) is 0.612. The zero-order valence-corrected chi connectivity index (χ0v) is 16.2. The number of halogens is 1. The lowest BCUT2D eigenvalue weighted by atomic mass is 10.0. The Morgan fingerprint density at radius 3 is 2.77 bits per heavy atom. The van der Waals surface area contributed by atoms with Crippen molar-refractivity contribution in [2.75, 3.05) is 13.3 Å². The van der Waals surface area contributed by atoms with Gasteiger partial charge in [0, 0.05) is 25.4 Å². The molecule has 6 heteroatoms. The summed E-state index contributed by atoms with van der Waals surface area (Å²) in [6.45, 7) is 1.82. The van der Waals surface area contributed by atoms with Gasteiger partial charge in [-0.3, -0.25) is 14.7 Å². The molecule has 3 heterocycles. The van der Waals surface area contributed by atoms with E-state index in [-0.39, 0.29) is 17.4 Å². The summed E-state index contributed by atoms with van der Waals surface area (Å²) in [4.78, 5) is 19.2. The van der Waals surface area contributed by atoms with E-state index in [2.05, 4.69) is 9.88 Å². The van der Waals surface area contributed by atoms with Crippen molar-refractivity contribution in [3.63, 3.8) is 0 Å². The molecule has 30 heavy (non-hydrogen) atoms. The Bertz CT molecular complexity index is 1130. The first-order valence-corrected chi connectivity index (χ1v) is 9.78. The Morgan fingerprint density at radius 2 is 1.97 bits per heavy atom. The minimum absolute atomic E-state index is 0.151. The van der Waals surface area contributed by atoms with E-state index in [4.69, 9.17) is 9.47 Å². The third-order valence-corrected chi connectivity index (χ3v) is 5.28. The van der Waals surface area contributed by atoms with Gasteiger partial charge >= 0.3 is 0 Å². The molecule has 0 aliphatic carbocycles. The van der Waals surface area contributed by atoms with Crippen LogP contribution < -0.4 is 9.47 Å². The van der Waals surface area contributed by atoms with E-state index in [1.54, 1.807) is 30.5 Å². The number of carbonyl (C=O) groups excluding carboxylic acids is 1. The Balaban J connectivity index is 1.35. The fourth-order valence-corrected chi connectivity index (χ4v) is 3.68. The molecule has 0 atom stereocenters. The molecule has 2 aromatic carbocycles. The molecule has 0 bridgehead atoms. The van der Waals surface area contributed by atoms with Crippen LogP contribution in [0.4, 0.5) is 4.39 Å². The van der Waals surface area contributed by atoms with Crippen LogP contribution in [0.5, 0.6) is 11.5 Å². The molecule has 1 aromatic heterocycles. The summed E-state index contributed by atoms with van der Waals surface area (Å²) in [5.74, 6) is 1.17. The molecule has 2 aliphatic rings. The average molecular weight is 402 g/mol. The number of aromatic nitrogens is 1. The van der Waals surface area contributed by atoms with E-state index in [9.17, 15) is 9.18 Å². The first-order valence-electron chi connectivity index (χ1n) is 9.78. The average Bonchev–Trinajstić information content (AvgIpc) is 3.10. The molecule has 0 fully saturated rings. The summed E-state index contributed by atoms with van der Waals surface area (Å²) < 4.78 is 25.0. The van der Waals surface area contributed by atoms with Crippen molar-refractivity contribution in [2.45, 2.75) is 13.0 Å². The molecular weight excluding hydrogens is 383 g/mol. The fourth-order valence-electron chi connectivity index (χ4n) is 3.68. The maximum absolute atomic E-state index is 13.1. The second-order valence-corrected chi connectivity index (χ2v) is 7.32. The van der Waals surface area contributed by atoms with Crippen LogP contribution in [0.2, 0.25) is 0 Å². The molecule has 0 saturated heterocycles. The zero-order chi connectivity index (χ0) is 20.5. The smallest absolute Gasteiger partial charge is 0.232 e. The van der Waals surface area contributed by atoms with Gasteiger partial charge in [-0.1, -0.05) is 18.2 Å². The highest BCUT2D eigenvalue weighted by atomic mass is 19.1. The first-order chi connectivity index (χ1) is 14.7. The summed E-state index contributed by atoms with van der Waals surface area (Å²) in [7, 11) is 0. The topological polar surface area (TPSA) is 51.7 Å². The van der Waals surface area contributed by atoms with Gasteiger partial charge in [0.2, 0.25) is 5.78 Å². The van der Waals surface area contributed by atoms with Gasteiger partial charge in [-0.05, 0) is 48.4 Å². The number of benzene rings is 2.